The van der Waals surface area contributed by atoms with Crippen molar-refractivity contribution in [1.29, 1.82) is 0 Å². The van der Waals surface area contributed by atoms with Crippen molar-refractivity contribution in [3.63, 3.8) is 0 Å². The number of anilines is 3. The Bertz CT molecular complexity index is 1410. The Kier molecular flexibility index (Phi) is 7.55. The predicted molar refractivity (Wildman–Crippen MR) is 140 cm³/mol. The van der Waals surface area contributed by atoms with Gasteiger partial charge in [-0.1, -0.05) is 12.1 Å². The number of methoxy groups -OCH3 is 3. The number of nitrogens with zero attached hydrogens (tertiary/aromatic N) is 5. The predicted octanol–water partition coefficient (Wildman–Crippen LogP) is 3.33. The van der Waals surface area contributed by atoms with Crippen LogP contribution in [0.1, 0.15) is 5.82 Å². The molecule has 2 N–H and O–H groups in total. The molecule has 1 unspecified atom stereocenters. The third-order valence-corrected chi connectivity index (χ3v) is 6.25. The van der Waals surface area contributed by atoms with Crippen LogP contribution in [0.2, 0.25) is 0 Å². The zero-order valence-corrected chi connectivity index (χ0v) is 21.8. The lowest BCUT2D eigenvalue weighted by Gasteiger charge is -2.17. The number of rotatable bonds is 10. The first kappa shape index (κ1) is 25.2. The Balaban J connectivity index is 1.75. The van der Waals surface area contributed by atoms with Crippen LogP contribution in [0.3, 0.4) is 0 Å². The van der Waals surface area contributed by atoms with Gasteiger partial charge in [0.2, 0.25) is 0 Å². The number of aryl methyl sites for hydroxylation is 1. The summed E-state index contributed by atoms with van der Waals surface area (Å²) in [6.45, 7) is 0.619. The van der Waals surface area contributed by atoms with Crippen LogP contribution in [0.5, 0.6) is 17.2 Å². The van der Waals surface area contributed by atoms with Crippen molar-refractivity contribution in [3.05, 3.63) is 48.4 Å². The molecule has 2 aromatic carbocycles. The summed E-state index contributed by atoms with van der Waals surface area (Å²) in [5, 5.41) is 3.63. The molecule has 2 heterocycles. The Hall–Kier alpha value is -3.90. The second kappa shape index (κ2) is 10.8. The number of ether oxygens (including phenoxy) is 3. The fraction of sp³-hybridized carbons (Fsp3) is 0.292. The summed E-state index contributed by atoms with van der Waals surface area (Å²) in [6.07, 6.45) is 1.74. The summed E-state index contributed by atoms with van der Waals surface area (Å²) in [6, 6.07) is 10.9. The zero-order valence-electron chi connectivity index (χ0n) is 21.0. The Morgan fingerprint density at radius 3 is 2.28 bits per heavy atom. The topological polar surface area (TPSA) is 116 Å². The molecule has 0 amide bonds. The van der Waals surface area contributed by atoms with Gasteiger partial charge in [-0.15, -0.1) is 0 Å². The molecule has 0 radical (unpaired) electrons. The van der Waals surface area contributed by atoms with Crippen LogP contribution < -0.4 is 24.2 Å². The maximum Gasteiger partial charge on any atom is 0.184 e. The maximum absolute atomic E-state index is 13.3. The first-order valence-corrected chi connectivity index (χ1v) is 12.2. The summed E-state index contributed by atoms with van der Waals surface area (Å²) in [5.74, 6) is 2.92. The van der Waals surface area contributed by atoms with E-state index in [9.17, 15) is 4.21 Å². The minimum Gasteiger partial charge on any atom is -0.497 e. The molecule has 4 aromatic rings. The van der Waals surface area contributed by atoms with Crippen molar-refractivity contribution < 1.29 is 18.4 Å². The first-order valence-electron chi connectivity index (χ1n) is 11.0. The summed E-state index contributed by atoms with van der Waals surface area (Å²) in [7, 11) is 8.74. The van der Waals surface area contributed by atoms with E-state index in [1.165, 1.54) is 0 Å². The van der Waals surface area contributed by atoms with Gasteiger partial charge in [0.1, 0.15) is 11.6 Å². The maximum atomic E-state index is 13.3. The summed E-state index contributed by atoms with van der Waals surface area (Å²) < 4.78 is 34.6. The summed E-state index contributed by atoms with van der Waals surface area (Å²) >= 11 is 0. The lowest BCUT2D eigenvalue weighted by Crippen LogP contribution is -2.14. The van der Waals surface area contributed by atoms with Gasteiger partial charge in [0.15, 0.2) is 39.1 Å². The van der Waals surface area contributed by atoms with Crippen molar-refractivity contribution >= 4 is 39.3 Å². The minimum absolute atomic E-state index is 0.288. The number of aromatic nitrogens is 4. The average Bonchev–Trinajstić information content (AvgIpc) is 3.23. The van der Waals surface area contributed by atoms with Crippen molar-refractivity contribution in [3.8, 4) is 17.2 Å². The van der Waals surface area contributed by atoms with Gasteiger partial charge in [0, 0.05) is 25.4 Å². The quantitative estimate of drug-likeness (QED) is 0.331. The molecule has 0 aliphatic rings. The van der Waals surface area contributed by atoms with Crippen LogP contribution in [0.15, 0.2) is 47.6 Å². The standard InChI is InChI=1S/C24H29N7O4S/c1-30(2)13-20-28-21(14-31(20)3)36(32)29-24-23(25-16-9-7-8-10-17(16)26-24)27-18-11-15(33-4)12-19(34-5)22(18)35-6/h7-12,14H,13H2,1-6H3,(H,25,27)(H,26,29). The van der Waals surface area contributed by atoms with Crippen LogP contribution in [0, 0.1) is 0 Å². The van der Waals surface area contributed by atoms with Gasteiger partial charge in [-0.3, -0.25) is 4.72 Å². The largest absolute Gasteiger partial charge is 0.497 e. The van der Waals surface area contributed by atoms with E-state index >= 15 is 0 Å². The highest BCUT2D eigenvalue weighted by atomic mass is 32.2. The zero-order chi connectivity index (χ0) is 25.8. The van der Waals surface area contributed by atoms with Gasteiger partial charge in [-0.25, -0.2) is 19.2 Å². The molecule has 0 spiro atoms. The fourth-order valence-corrected chi connectivity index (χ4v) is 4.43. The molecule has 0 saturated heterocycles. The van der Waals surface area contributed by atoms with Crippen molar-refractivity contribution in [1.82, 2.24) is 24.4 Å². The van der Waals surface area contributed by atoms with Gasteiger partial charge in [-0.05, 0) is 26.2 Å². The molecule has 2 aromatic heterocycles. The van der Waals surface area contributed by atoms with Gasteiger partial charge in [0.05, 0.1) is 44.6 Å². The third-order valence-electron chi connectivity index (χ3n) is 5.30. The number of hydrogen-bond acceptors (Lipinski definition) is 9. The highest BCUT2D eigenvalue weighted by Crippen LogP contribution is 2.41. The van der Waals surface area contributed by atoms with Crippen LogP contribution >= 0.6 is 0 Å². The molecule has 4 rings (SSSR count). The molecule has 11 nitrogen and oxygen atoms in total. The van der Waals surface area contributed by atoms with E-state index in [4.69, 9.17) is 19.2 Å². The molecule has 190 valence electrons. The van der Waals surface area contributed by atoms with E-state index in [2.05, 4.69) is 20.0 Å². The molecule has 12 heteroatoms. The molecule has 1 atom stereocenters. The SMILES string of the molecule is COc1cc(Nc2nc3ccccc3nc2NS(=O)c2cn(C)c(CN(C)C)n2)c(OC)c(OC)c1. The molecule has 0 aliphatic heterocycles. The molecular formula is C24H29N7O4S. The molecule has 0 bridgehead atoms. The van der Waals surface area contributed by atoms with E-state index in [-0.39, 0.29) is 5.82 Å². The molecular weight excluding hydrogens is 482 g/mol. The van der Waals surface area contributed by atoms with Gasteiger partial charge < -0.3 is 29.0 Å². The molecule has 36 heavy (non-hydrogen) atoms. The van der Waals surface area contributed by atoms with E-state index in [0.717, 1.165) is 5.82 Å². The van der Waals surface area contributed by atoms with E-state index < -0.39 is 11.0 Å². The summed E-state index contributed by atoms with van der Waals surface area (Å²) in [5.41, 5.74) is 1.85. The van der Waals surface area contributed by atoms with Crippen LogP contribution in [0.4, 0.5) is 17.3 Å². The second-order valence-electron chi connectivity index (χ2n) is 8.16. The Morgan fingerprint density at radius 2 is 1.67 bits per heavy atom. The van der Waals surface area contributed by atoms with Gasteiger partial charge >= 0.3 is 0 Å². The van der Waals surface area contributed by atoms with E-state index in [0.29, 0.717) is 51.4 Å². The Labute approximate surface area is 212 Å². The van der Waals surface area contributed by atoms with Crippen LogP contribution in [-0.2, 0) is 24.6 Å². The Morgan fingerprint density at radius 1 is 0.972 bits per heavy atom. The van der Waals surface area contributed by atoms with Crippen LogP contribution in [0.25, 0.3) is 11.0 Å². The highest BCUT2D eigenvalue weighted by molar-refractivity contribution is 7.86. The fourth-order valence-electron chi connectivity index (χ4n) is 3.57. The van der Waals surface area contributed by atoms with E-state index in [1.807, 2.05) is 54.9 Å². The van der Waals surface area contributed by atoms with Crippen molar-refractivity contribution in [2.24, 2.45) is 7.05 Å². The average molecular weight is 512 g/mol. The van der Waals surface area contributed by atoms with Gasteiger partial charge in [0.25, 0.3) is 0 Å². The van der Waals surface area contributed by atoms with Crippen LogP contribution in [-0.4, -0.2) is 64.1 Å². The number of fused-ring (bicyclic) bond motifs is 1. The number of imidazole rings is 1. The highest BCUT2D eigenvalue weighted by Gasteiger charge is 2.19. The molecule has 0 aliphatic carbocycles. The third kappa shape index (κ3) is 5.34. The smallest absolute Gasteiger partial charge is 0.184 e. The number of hydrogen-bond donors (Lipinski definition) is 2. The lowest BCUT2D eigenvalue weighted by molar-refractivity contribution is 0.350. The summed E-state index contributed by atoms with van der Waals surface area (Å²) in [4.78, 5) is 15.9. The van der Waals surface area contributed by atoms with Crippen molar-refractivity contribution in [2.75, 3.05) is 45.5 Å². The number of nitrogens with one attached hydrogen (secondary N) is 2. The van der Waals surface area contributed by atoms with Crippen molar-refractivity contribution in [2.45, 2.75) is 11.6 Å². The second-order valence-corrected chi connectivity index (χ2v) is 9.32. The lowest BCUT2D eigenvalue weighted by atomic mass is 10.2. The minimum atomic E-state index is -1.69. The monoisotopic (exact) mass is 511 g/mol. The molecule has 0 fully saturated rings. The number of benzene rings is 2. The first-order chi connectivity index (χ1) is 17.3. The number of para-hydroxylation sites is 2. The normalized spacial score (nSPS) is 12.0. The van der Waals surface area contributed by atoms with E-state index in [1.54, 1.807) is 39.7 Å². The van der Waals surface area contributed by atoms with Gasteiger partial charge in [-0.2, -0.15) is 0 Å². The molecule has 0 saturated carbocycles.